The molecule has 5 nitrogen and oxygen atoms in total. The summed E-state index contributed by atoms with van der Waals surface area (Å²) in [5.74, 6) is -0.237. The fourth-order valence-electron chi connectivity index (χ4n) is 2.25. The highest BCUT2D eigenvalue weighted by atomic mass is 35.5. The van der Waals surface area contributed by atoms with E-state index in [1.54, 1.807) is 30.7 Å². The molecule has 0 saturated heterocycles. The monoisotopic (exact) mass is 352 g/mol. The van der Waals surface area contributed by atoms with Crippen molar-refractivity contribution in [1.82, 2.24) is 15.3 Å². The Morgan fingerprint density at radius 3 is 2.60 bits per heavy atom. The van der Waals surface area contributed by atoms with Gasteiger partial charge in [0.2, 0.25) is 0 Å². The number of benzene rings is 1. The third-order valence-electron chi connectivity index (χ3n) is 3.61. The number of hydrogen-bond donors (Lipinski definition) is 2. The molecule has 3 aromatic rings. The molecule has 0 spiro atoms. The number of carbonyl (C=O) groups is 1. The van der Waals surface area contributed by atoms with Crippen LogP contribution >= 0.6 is 11.6 Å². The number of halogens is 1. The molecule has 6 heteroatoms. The molecule has 0 aliphatic heterocycles. The lowest BCUT2D eigenvalue weighted by Gasteiger charge is -2.08. The number of nitrogens with one attached hydrogen (secondary N) is 2. The Hall–Kier alpha value is -2.92. The third kappa shape index (κ3) is 4.78. The Kier molecular flexibility index (Phi) is 5.59. The van der Waals surface area contributed by atoms with Crippen LogP contribution < -0.4 is 10.6 Å². The summed E-state index contributed by atoms with van der Waals surface area (Å²) in [6, 6.07) is 14.8. The van der Waals surface area contributed by atoms with Gasteiger partial charge in [-0.1, -0.05) is 35.9 Å². The zero-order valence-electron chi connectivity index (χ0n) is 13.4. The molecular formula is C19H17ClN4O. The predicted octanol–water partition coefficient (Wildman–Crippen LogP) is 3.67. The second-order valence-corrected chi connectivity index (χ2v) is 5.83. The number of aromatic nitrogens is 2. The van der Waals surface area contributed by atoms with Crippen LogP contribution in [0.2, 0.25) is 5.02 Å². The van der Waals surface area contributed by atoms with Gasteiger partial charge in [0, 0.05) is 30.5 Å². The van der Waals surface area contributed by atoms with E-state index >= 15 is 0 Å². The van der Waals surface area contributed by atoms with Crippen LogP contribution in [0.5, 0.6) is 0 Å². The van der Waals surface area contributed by atoms with Crippen molar-refractivity contribution in [3.05, 3.63) is 89.0 Å². The fourth-order valence-corrected chi connectivity index (χ4v) is 2.45. The Morgan fingerprint density at radius 2 is 1.88 bits per heavy atom. The first kappa shape index (κ1) is 16.9. The summed E-state index contributed by atoms with van der Waals surface area (Å²) in [4.78, 5) is 20.4. The molecule has 0 saturated carbocycles. The highest BCUT2D eigenvalue weighted by Gasteiger charge is 2.08. The van der Waals surface area contributed by atoms with Gasteiger partial charge in [-0.25, -0.2) is 4.98 Å². The first-order valence-corrected chi connectivity index (χ1v) is 8.20. The SMILES string of the molecule is O=C(NCc1ccccc1Cl)c1ccc(NCc2cccnc2)cn1. The summed E-state index contributed by atoms with van der Waals surface area (Å²) in [7, 11) is 0. The van der Waals surface area contributed by atoms with Crippen molar-refractivity contribution in [2.75, 3.05) is 5.32 Å². The third-order valence-corrected chi connectivity index (χ3v) is 3.98. The highest BCUT2D eigenvalue weighted by molar-refractivity contribution is 6.31. The zero-order valence-corrected chi connectivity index (χ0v) is 14.2. The Labute approximate surface area is 151 Å². The molecule has 0 aliphatic carbocycles. The first-order chi connectivity index (χ1) is 12.2. The van der Waals surface area contributed by atoms with Crippen LogP contribution in [0, 0.1) is 0 Å². The maximum absolute atomic E-state index is 12.2. The number of pyridine rings is 2. The van der Waals surface area contributed by atoms with E-state index in [-0.39, 0.29) is 5.91 Å². The standard InChI is InChI=1S/C19H17ClN4O/c20-17-6-2-1-5-15(17)12-24-19(25)18-8-7-16(13-23-18)22-11-14-4-3-9-21-10-14/h1-10,13,22H,11-12H2,(H,24,25). The van der Waals surface area contributed by atoms with E-state index in [1.807, 2.05) is 36.4 Å². The minimum absolute atomic E-state index is 0.237. The average molecular weight is 353 g/mol. The van der Waals surface area contributed by atoms with Crippen molar-refractivity contribution in [2.24, 2.45) is 0 Å². The van der Waals surface area contributed by atoms with Gasteiger partial charge in [-0.2, -0.15) is 0 Å². The molecule has 25 heavy (non-hydrogen) atoms. The van der Waals surface area contributed by atoms with Crippen LogP contribution in [-0.4, -0.2) is 15.9 Å². The maximum atomic E-state index is 12.2. The molecule has 1 aromatic carbocycles. The normalized spacial score (nSPS) is 10.3. The van der Waals surface area contributed by atoms with Gasteiger partial charge in [0.1, 0.15) is 5.69 Å². The second kappa shape index (κ2) is 8.26. The van der Waals surface area contributed by atoms with Gasteiger partial charge in [-0.05, 0) is 35.4 Å². The van der Waals surface area contributed by atoms with Crippen LogP contribution in [0.3, 0.4) is 0 Å². The van der Waals surface area contributed by atoms with Gasteiger partial charge in [0.15, 0.2) is 0 Å². The molecule has 1 amide bonds. The van der Waals surface area contributed by atoms with Gasteiger partial charge in [-0.15, -0.1) is 0 Å². The molecule has 3 rings (SSSR count). The van der Waals surface area contributed by atoms with Gasteiger partial charge >= 0.3 is 0 Å². The van der Waals surface area contributed by atoms with Crippen LogP contribution in [0.15, 0.2) is 67.1 Å². The summed E-state index contributed by atoms with van der Waals surface area (Å²) in [6.45, 7) is 1.01. The number of amides is 1. The largest absolute Gasteiger partial charge is 0.380 e. The molecule has 2 aromatic heterocycles. The topological polar surface area (TPSA) is 66.9 Å². The minimum Gasteiger partial charge on any atom is -0.380 e. The van der Waals surface area contributed by atoms with E-state index in [0.717, 1.165) is 16.8 Å². The Balaban J connectivity index is 1.54. The van der Waals surface area contributed by atoms with Crippen molar-refractivity contribution in [3.63, 3.8) is 0 Å². The molecule has 0 bridgehead atoms. The van der Waals surface area contributed by atoms with Crippen molar-refractivity contribution in [3.8, 4) is 0 Å². The highest BCUT2D eigenvalue weighted by Crippen LogP contribution is 2.14. The zero-order chi connectivity index (χ0) is 17.5. The quantitative estimate of drug-likeness (QED) is 0.710. The summed E-state index contributed by atoms with van der Waals surface area (Å²) < 4.78 is 0. The number of anilines is 1. The van der Waals surface area contributed by atoms with Crippen molar-refractivity contribution < 1.29 is 4.79 Å². The van der Waals surface area contributed by atoms with Crippen molar-refractivity contribution in [1.29, 1.82) is 0 Å². The predicted molar refractivity (Wildman–Crippen MR) is 98.4 cm³/mol. The van der Waals surface area contributed by atoms with E-state index in [1.165, 1.54) is 0 Å². The van der Waals surface area contributed by atoms with Crippen LogP contribution in [0.1, 0.15) is 21.6 Å². The smallest absolute Gasteiger partial charge is 0.270 e. The van der Waals surface area contributed by atoms with Crippen LogP contribution in [0.4, 0.5) is 5.69 Å². The van der Waals surface area contributed by atoms with Gasteiger partial charge in [0.05, 0.1) is 11.9 Å². The summed E-state index contributed by atoms with van der Waals surface area (Å²) in [5.41, 5.74) is 3.14. The lowest BCUT2D eigenvalue weighted by Crippen LogP contribution is -2.23. The van der Waals surface area contributed by atoms with Crippen LogP contribution in [0.25, 0.3) is 0 Å². The molecule has 0 atom stereocenters. The van der Waals surface area contributed by atoms with E-state index in [2.05, 4.69) is 20.6 Å². The lowest BCUT2D eigenvalue weighted by atomic mass is 10.2. The van der Waals surface area contributed by atoms with Gasteiger partial charge < -0.3 is 10.6 Å². The molecule has 2 heterocycles. The molecule has 0 fully saturated rings. The van der Waals surface area contributed by atoms with Gasteiger partial charge in [0.25, 0.3) is 5.91 Å². The Morgan fingerprint density at radius 1 is 1.00 bits per heavy atom. The number of nitrogens with zero attached hydrogens (tertiary/aromatic N) is 2. The van der Waals surface area contributed by atoms with E-state index in [4.69, 9.17) is 11.6 Å². The maximum Gasteiger partial charge on any atom is 0.270 e. The van der Waals surface area contributed by atoms with Gasteiger partial charge in [-0.3, -0.25) is 9.78 Å². The Bertz CT molecular complexity index is 838. The van der Waals surface area contributed by atoms with Crippen LogP contribution in [-0.2, 0) is 13.1 Å². The van der Waals surface area contributed by atoms with E-state index < -0.39 is 0 Å². The number of rotatable bonds is 6. The summed E-state index contributed by atoms with van der Waals surface area (Å²) in [6.07, 6.45) is 5.18. The van der Waals surface area contributed by atoms with E-state index in [0.29, 0.717) is 23.8 Å². The molecule has 0 radical (unpaired) electrons. The lowest BCUT2D eigenvalue weighted by molar-refractivity contribution is 0.0946. The fraction of sp³-hybridized carbons (Fsp3) is 0.105. The molecule has 2 N–H and O–H groups in total. The molecule has 0 aliphatic rings. The number of hydrogen-bond acceptors (Lipinski definition) is 4. The van der Waals surface area contributed by atoms with E-state index in [9.17, 15) is 4.79 Å². The minimum atomic E-state index is -0.237. The second-order valence-electron chi connectivity index (χ2n) is 5.42. The summed E-state index contributed by atoms with van der Waals surface area (Å²) >= 11 is 6.08. The molecular weight excluding hydrogens is 336 g/mol. The van der Waals surface area contributed by atoms with Crippen molar-refractivity contribution in [2.45, 2.75) is 13.1 Å². The van der Waals surface area contributed by atoms with Crippen molar-refractivity contribution >= 4 is 23.2 Å². The number of carbonyl (C=O) groups excluding carboxylic acids is 1. The molecule has 0 unspecified atom stereocenters. The molecule has 126 valence electrons. The summed E-state index contributed by atoms with van der Waals surface area (Å²) in [5, 5.41) is 6.69. The first-order valence-electron chi connectivity index (χ1n) is 7.83. The average Bonchev–Trinajstić information content (AvgIpc) is 2.67.